The number of hydrogen-bond donors (Lipinski definition) is 1. The second-order valence-corrected chi connectivity index (χ2v) is 8.31. The van der Waals surface area contributed by atoms with Gasteiger partial charge in [0.05, 0.1) is 6.61 Å². The van der Waals surface area contributed by atoms with E-state index in [0.717, 1.165) is 38.5 Å². The smallest absolute Gasteiger partial charge is 0.282 e. The molecule has 118 valence electrons. The first-order valence-electron chi connectivity index (χ1n) is 7.86. The average Bonchev–Trinajstić information content (AvgIpc) is 3.23. The lowest BCUT2D eigenvalue weighted by Gasteiger charge is -2.37. The minimum atomic E-state index is -3.41. The summed E-state index contributed by atoms with van der Waals surface area (Å²) in [6.45, 7) is 5.34. The van der Waals surface area contributed by atoms with Crippen LogP contribution in [0.2, 0.25) is 0 Å². The van der Waals surface area contributed by atoms with Crippen molar-refractivity contribution in [2.45, 2.75) is 64.5 Å². The Kier molecular flexibility index (Phi) is 5.45. The molecule has 1 saturated heterocycles. The van der Waals surface area contributed by atoms with Crippen LogP contribution in [0.5, 0.6) is 0 Å². The quantitative estimate of drug-likeness (QED) is 0.777. The molecule has 0 bridgehead atoms. The van der Waals surface area contributed by atoms with Crippen molar-refractivity contribution in [3.05, 3.63) is 0 Å². The molecule has 0 spiro atoms. The summed E-state index contributed by atoms with van der Waals surface area (Å²) in [6, 6.07) is -0.0333. The van der Waals surface area contributed by atoms with Crippen LogP contribution in [-0.2, 0) is 10.2 Å². The summed E-state index contributed by atoms with van der Waals surface area (Å²) in [7, 11) is -3.41. The highest BCUT2D eigenvalue weighted by Gasteiger charge is 2.42. The van der Waals surface area contributed by atoms with Gasteiger partial charge in [-0.3, -0.25) is 0 Å². The van der Waals surface area contributed by atoms with E-state index in [-0.39, 0.29) is 18.7 Å². The predicted octanol–water partition coefficient (Wildman–Crippen LogP) is 1.59. The van der Waals surface area contributed by atoms with E-state index in [9.17, 15) is 13.5 Å². The monoisotopic (exact) mass is 304 g/mol. The molecule has 5 nitrogen and oxygen atoms in total. The second kappa shape index (κ2) is 6.73. The Morgan fingerprint density at radius 3 is 2.50 bits per heavy atom. The van der Waals surface area contributed by atoms with Gasteiger partial charge in [0.15, 0.2) is 0 Å². The van der Waals surface area contributed by atoms with Crippen molar-refractivity contribution in [3.8, 4) is 0 Å². The molecule has 1 N–H and O–H groups in total. The summed E-state index contributed by atoms with van der Waals surface area (Å²) in [4.78, 5) is 0. The normalized spacial score (nSPS) is 25.6. The van der Waals surface area contributed by atoms with Crippen molar-refractivity contribution < 1.29 is 13.5 Å². The van der Waals surface area contributed by atoms with E-state index >= 15 is 0 Å². The van der Waals surface area contributed by atoms with Gasteiger partial charge in [0.2, 0.25) is 0 Å². The molecule has 1 aliphatic carbocycles. The Morgan fingerprint density at radius 2 is 1.95 bits per heavy atom. The standard InChI is InChI=1S/C14H28N2O3S/c1-12(2)8-10-16(13-6-7-13)20(18,19)15-9-4-3-5-14(15)11-17/h12-14,17H,3-11H2,1-2H3. The van der Waals surface area contributed by atoms with Crippen LogP contribution >= 0.6 is 0 Å². The van der Waals surface area contributed by atoms with Gasteiger partial charge in [-0.1, -0.05) is 20.3 Å². The van der Waals surface area contributed by atoms with Crippen molar-refractivity contribution in [2.75, 3.05) is 19.7 Å². The number of nitrogens with zero attached hydrogens (tertiary/aromatic N) is 2. The zero-order chi connectivity index (χ0) is 14.8. The first kappa shape index (κ1) is 16.2. The Hall–Kier alpha value is -0.170. The van der Waals surface area contributed by atoms with Gasteiger partial charge < -0.3 is 5.11 Å². The van der Waals surface area contributed by atoms with Gasteiger partial charge in [-0.2, -0.15) is 17.0 Å². The van der Waals surface area contributed by atoms with Gasteiger partial charge in [-0.15, -0.1) is 0 Å². The molecular weight excluding hydrogens is 276 g/mol. The first-order chi connectivity index (χ1) is 9.46. The SMILES string of the molecule is CC(C)CCN(C1CC1)S(=O)(=O)N1CCCCC1CO. The molecule has 2 aliphatic rings. The molecule has 1 aliphatic heterocycles. The van der Waals surface area contributed by atoms with E-state index in [1.54, 1.807) is 8.61 Å². The minimum Gasteiger partial charge on any atom is -0.395 e. The average molecular weight is 304 g/mol. The number of aliphatic hydroxyl groups excluding tert-OH is 1. The summed E-state index contributed by atoms with van der Waals surface area (Å²) < 4.78 is 29.0. The van der Waals surface area contributed by atoms with E-state index in [1.165, 1.54) is 0 Å². The van der Waals surface area contributed by atoms with E-state index < -0.39 is 10.2 Å². The highest BCUT2D eigenvalue weighted by molar-refractivity contribution is 7.86. The molecule has 0 amide bonds. The zero-order valence-electron chi connectivity index (χ0n) is 12.7. The molecule has 0 aromatic heterocycles. The number of piperidine rings is 1. The molecule has 6 heteroatoms. The molecule has 0 aromatic rings. The molecule has 0 aromatic carbocycles. The molecular formula is C14H28N2O3S. The van der Waals surface area contributed by atoms with Gasteiger partial charge in [-0.05, 0) is 38.0 Å². The van der Waals surface area contributed by atoms with Gasteiger partial charge >= 0.3 is 0 Å². The van der Waals surface area contributed by atoms with E-state index in [1.807, 2.05) is 0 Å². The predicted molar refractivity (Wildman–Crippen MR) is 79.5 cm³/mol. The molecule has 1 atom stereocenters. The fraction of sp³-hybridized carbons (Fsp3) is 1.00. The Bertz CT molecular complexity index is 407. The maximum Gasteiger partial charge on any atom is 0.282 e. The maximum absolute atomic E-state index is 12.9. The molecule has 2 rings (SSSR count). The van der Waals surface area contributed by atoms with Crippen LogP contribution in [0.25, 0.3) is 0 Å². The van der Waals surface area contributed by atoms with Crippen molar-refractivity contribution in [2.24, 2.45) is 5.92 Å². The lowest BCUT2D eigenvalue weighted by Crippen LogP contribution is -2.52. The van der Waals surface area contributed by atoms with E-state index in [4.69, 9.17) is 0 Å². The van der Waals surface area contributed by atoms with Crippen LogP contribution in [-0.4, -0.2) is 53.9 Å². The number of rotatable bonds is 7. The summed E-state index contributed by atoms with van der Waals surface area (Å²) >= 11 is 0. The summed E-state index contributed by atoms with van der Waals surface area (Å²) in [5.41, 5.74) is 0. The van der Waals surface area contributed by atoms with Crippen LogP contribution in [0.3, 0.4) is 0 Å². The Balaban J connectivity index is 2.12. The molecule has 2 fully saturated rings. The third kappa shape index (κ3) is 3.72. The molecule has 1 heterocycles. The lowest BCUT2D eigenvalue weighted by molar-refractivity contribution is 0.146. The van der Waals surface area contributed by atoms with Gasteiger partial charge in [0.25, 0.3) is 10.2 Å². The lowest BCUT2D eigenvalue weighted by atomic mass is 10.1. The van der Waals surface area contributed by atoms with Gasteiger partial charge in [-0.25, -0.2) is 0 Å². The largest absolute Gasteiger partial charge is 0.395 e. The fourth-order valence-corrected chi connectivity index (χ4v) is 4.93. The van der Waals surface area contributed by atoms with Gasteiger partial charge in [0, 0.05) is 25.2 Å². The van der Waals surface area contributed by atoms with Crippen molar-refractivity contribution in [3.63, 3.8) is 0 Å². The molecule has 20 heavy (non-hydrogen) atoms. The molecule has 1 saturated carbocycles. The third-order valence-electron chi connectivity index (χ3n) is 4.26. The molecule has 0 radical (unpaired) electrons. The maximum atomic E-state index is 12.9. The second-order valence-electron chi connectivity index (χ2n) is 6.48. The van der Waals surface area contributed by atoms with Gasteiger partial charge in [0.1, 0.15) is 0 Å². The highest BCUT2D eigenvalue weighted by Crippen LogP contribution is 2.33. The van der Waals surface area contributed by atoms with E-state index in [2.05, 4.69) is 13.8 Å². The van der Waals surface area contributed by atoms with E-state index in [0.29, 0.717) is 19.0 Å². The minimum absolute atomic E-state index is 0.0675. The summed E-state index contributed by atoms with van der Waals surface area (Å²) in [5.74, 6) is 0.501. The van der Waals surface area contributed by atoms with Crippen LogP contribution in [0.4, 0.5) is 0 Å². The fourth-order valence-electron chi connectivity index (χ4n) is 2.83. The van der Waals surface area contributed by atoms with Crippen LogP contribution in [0.1, 0.15) is 52.4 Å². The zero-order valence-corrected chi connectivity index (χ0v) is 13.5. The Morgan fingerprint density at radius 1 is 1.25 bits per heavy atom. The van der Waals surface area contributed by atoms with Crippen LogP contribution < -0.4 is 0 Å². The number of aliphatic hydroxyl groups is 1. The number of hydrogen-bond acceptors (Lipinski definition) is 3. The van der Waals surface area contributed by atoms with Crippen molar-refractivity contribution >= 4 is 10.2 Å². The third-order valence-corrected chi connectivity index (χ3v) is 6.40. The highest BCUT2D eigenvalue weighted by atomic mass is 32.2. The topological polar surface area (TPSA) is 60.9 Å². The van der Waals surface area contributed by atoms with Crippen LogP contribution in [0.15, 0.2) is 0 Å². The van der Waals surface area contributed by atoms with Crippen molar-refractivity contribution in [1.82, 2.24) is 8.61 Å². The Labute approximate surface area is 123 Å². The first-order valence-corrected chi connectivity index (χ1v) is 9.26. The summed E-state index contributed by atoms with van der Waals surface area (Å²) in [5, 5.41) is 9.45. The van der Waals surface area contributed by atoms with Crippen LogP contribution in [0, 0.1) is 5.92 Å². The van der Waals surface area contributed by atoms with Crippen molar-refractivity contribution in [1.29, 1.82) is 0 Å². The molecule has 1 unspecified atom stereocenters. The summed E-state index contributed by atoms with van der Waals surface area (Å²) in [6.07, 6.45) is 5.54.